The maximum absolute atomic E-state index is 9.90. The largest absolute Gasteiger partial charge is 0.492 e. The summed E-state index contributed by atoms with van der Waals surface area (Å²) in [4.78, 5) is 2.03. The van der Waals surface area contributed by atoms with Crippen molar-refractivity contribution in [3.05, 3.63) is 30.3 Å². The second-order valence-electron chi connectivity index (χ2n) is 5.57. The molecule has 1 rings (SSSR count). The van der Waals surface area contributed by atoms with E-state index in [4.69, 9.17) is 14.2 Å². The highest BCUT2D eigenvalue weighted by Crippen LogP contribution is 2.07. The third kappa shape index (κ3) is 9.73. The molecule has 0 aliphatic carbocycles. The molecule has 1 atom stereocenters. The highest BCUT2D eigenvalue weighted by atomic mass is 16.5. The summed E-state index contributed by atoms with van der Waals surface area (Å²) in [5, 5.41) is 9.90. The third-order valence-electron chi connectivity index (χ3n) is 3.00. The Morgan fingerprint density at radius 3 is 2.50 bits per heavy atom. The average molecular weight is 311 g/mol. The average Bonchev–Trinajstić information content (AvgIpc) is 2.47. The Morgan fingerprint density at radius 1 is 1.09 bits per heavy atom. The number of ether oxygens (including phenoxy) is 3. The zero-order chi connectivity index (χ0) is 16.2. The fourth-order valence-corrected chi connectivity index (χ4v) is 1.90. The van der Waals surface area contributed by atoms with Gasteiger partial charge >= 0.3 is 0 Å². The van der Waals surface area contributed by atoms with Crippen LogP contribution in [0.5, 0.6) is 5.75 Å². The van der Waals surface area contributed by atoms with Crippen LogP contribution < -0.4 is 4.74 Å². The molecule has 0 fully saturated rings. The van der Waals surface area contributed by atoms with Crippen molar-refractivity contribution in [1.29, 1.82) is 0 Å². The van der Waals surface area contributed by atoms with E-state index in [1.54, 1.807) is 0 Å². The number of hydrogen-bond donors (Lipinski definition) is 1. The van der Waals surface area contributed by atoms with Gasteiger partial charge in [-0.2, -0.15) is 0 Å². The van der Waals surface area contributed by atoms with Gasteiger partial charge in [0.2, 0.25) is 0 Å². The number of aliphatic hydroxyl groups excluding tert-OH is 1. The lowest BCUT2D eigenvalue weighted by Crippen LogP contribution is -2.35. The van der Waals surface area contributed by atoms with Gasteiger partial charge in [-0.05, 0) is 33.0 Å². The molecule has 0 spiro atoms. The van der Waals surface area contributed by atoms with Crippen LogP contribution in [0.15, 0.2) is 30.3 Å². The monoisotopic (exact) mass is 311 g/mol. The Kier molecular flexibility index (Phi) is 9.82. The van der Waals surface area contributed by atoms with Gasteiger partial charge in [0.15, 0.2) is 0 Å². The van der Waals surface area contributed by atoms with Crippen LogP contribution in [0.3, 0.4) is 0 Å². The first-order valence-corrected chi connectivity index (χ1v) is 7.81. The summed E-state index contributed by atoms with van der Waals surface area (Å²) < 4.78 is 16.4. The van der Waals surface area contributed by atoms with Crippen molar-refractivity contribution in [2.24, 2.45) is 0 Å². The zero-order valence-corrected chi connectivity index (χ0v) is 13.9. The molecule has 0 bridgehead atoms. The van der Waals surface area contributed by atoms with E-state index in [9.17, 15) is 5.11 Å². The highest BCUT2D eigenvalue weighted by molar-refractivity contribution is 5.20. The summed E-state index contributed by atoms with van der Waals surface area (Å²) in [7, 11) is 1.96. The first-order valence-electron chi connectivity index (χ1n) is 7.81. The molecule has 1 aromatic carbocycles. The smallest absolute Gasteiger partial charge is 0.119 e. The summed E-state index contributed by atoms with van der Waals surface area (Å²) in [5.74, 6) is 0.866. The zero-order valence-electron chi connectivity index (χ0n) is 13.9. The van der Waals surface area contributed by atoms with Gasteiger partial charge in [0.1, 0.15) is 12.4 Å². The van der Waals surface area contributed by atoms with Gasteiger partial charge < -0.3 is 24.2 Å². The minimum absolute atomic E-state index is 0.212. The van der Waals surface area contributed by atoms with Crippen molar-refractivity contribution in [3.8, 4) is 5.75 Å². The predicted molar refractivity (Wildman–Crippen MR) is 87.3 cm³/mol. The van der Waals surface area contributed by atoms with Gasteiger partial charge in [0.05, 0.1) is 32.0 Å². The van der Waals surface area contributed by atoms with Crippen LogP contribution in [0.25, 0.3) is 0 Å². The van der Waals surface area contributed by atoms with Crippen molar-refractivity contribution < 1.29 is 19.3 Å². The molecule has 1 N–H and O–H groups in total. The van der Waals surface area contributed by atoms with Gasteiger partial charge in [0.25, 0.3) is 0 Å². The van der Waals surface area contributed by atoms with E-state index in [1.807, 2.05) is 56.1 Å². The number of rotatable bonds is 12. The molecule has 0 unspecified atom stereocenters. The number of para-hydroxylation sites is 1. The maximum Gasteiger partial charge on any atom is 0.119 e. The standard InChI is InChI=1S/C17H29NO4/c1-15(2)21-12-11-20-14-16(19)13-18(3)9-10-22-17-7-5-4-6-8-17/h4-8,15-16,19H,9-14H2,1-3H3/t16-/m0/s1. The lowest BCUT2D eigenvalue weighted by Gasteiger charge is -2.20. The van der Waals surface area contributed by atoms with Gasteiger partial charge in [-0.1, -0.05) is 18.2 Å². The molecule has 22 heavy (non-hydrogen) atoms. The summed E-state index contributed by atoms with van der Waals surface area (Å²) in [5.41, 5.74) is 0. The lowest BCUT2D eigenvalue weighted by molar-refractivity contribution is -0.0174. The molecular formula is C17H29NO4. The molecular weight excluding hydrogens is 282 g/mol. The Hall–Kier alpha value is -1.14. The first kappa shape index (κ1) is 18.9. The Morgan fingerprint density at radius 2 is 1.82 bits per heavy atom. The molecule has 1 aromatic rings. The third-order valence-corrected chi connectivity index (χ3v) is 3.00. The van der Waals surface area contributed by atoms with E-state index < -0.39 is 6.10 Å². The van der Waals surface area contributed by atoms with Crippen LogP contribution in [0.1, 0.15) is 13.8 Å². The number of likely N-dealkylation sites (N-methyl/N-ethyl adjacent to an activating group) is 1. The summed E-state index contributed by atoms with van der Waals surface area (Å²) in [6, 6.07) is 9.72. The van der Waals surface area contributed by atoms with Gasteiger partial charge in [0, 0.05) is 13.1 Å². The molecule has 0 radical (unpaired) electrons. The summed E-state index contributed by atoms with van der Waals surface area (Å²) in [6.07, 6.45) is -0.287. The Bertz CT molecular complexity index is 372. The number of hydrogen-bond acceptors (Lipinski definition) is 5. The molecule has 126 valence electrons. The van der Waals surface area contributed by atoms with Gasteiger partial charge in [-0.3, -0.25) is 0 Å². The second kappa shape index (κ2) is 11.4. The van der Waals surface area contributed by atoms with Crippen LogP contribution in [-0.2, 0) is 9.47 Å². The molecule has 0 saturated carbocycles. The van der Waals surface area contributed by atoms with Gasteiger partial charge in [-0.25, -0.2) is 0 Å². The summed E-state index contributed by atoms with van der Waals surface area (Å²) in [6.45, 7) is 7.27. The maximum atomic E-state index is 9.90. The van der Waals surface area contributed by atoms with Crippen molar-refractivity contribution >= 4 is 0 Å². The van der Waals surface area contributed by atoms with E-state index in [0.29, 0.717) is 33.0 Å². The lowest BCUT2D eigenvalue weighted by atomic mass is 10.3. The molecule has 0 heterocycles. The van der Waals surface area contributed by atoms with Crippen LogP contribution >= 0.6 is 0 Å². The second-order valence-corrected chi connectivity index (χ2v) is 5.57. The number of benzene rings is 1. The molecule has 5 heteroatoms. The minimum Gasteiger partial charge on any atom is -0.492 e. The molecule has 0 saturated heterocycles. The van der Waals surface area contributed by atoms with Crippen molar-refractivity contribution in [2.45, 2.75) is 26.1 Å². The fraction of sp³-hybridized carbons (Fsp3) is 0.647. The first-order chi connectivity index (χ1) is 10.6. The Balaban J connectivity index is 2.02. The SMILES string of the molecule is CC(C)OCCOC[C@@H](O)CN(C)CCOc1ccccc1. The summed E-state index contributed by atoms with van der Waals surface area (Å²) >= 11 is 0. The Labute approximate surface area is 133 Å². The van der Waals surface area contributed by atoms with Crippen molar-refractivity contribution in [3.63, 3.8) is 0 Å². The van der Waals surface area contributed by atoms with E-state index in [0.717, 1.165) is 12.3 Å². The highest BCUT2D eigenvalue weighted by Gasteiger charge is 2.08. The normalized spacial score (nSPS) is 12.8. The predicted octanol–water partition coefficient (Wildman–Crippen LogP) is 1.80. The number of aliphatic hydroxyl groups is 1. The fourth-order valence-electron chi connectivity index (χ4n) is 1.90. The van der Waals surface area contributed by atoms with E-state index in [-0.39, 0.29) is 6.10 Å². The van der Waals surface area contributed by atoms with E-state index >= 15 is 0 Å². The van der Waals surface area contributed by atoms with E-state index in [1.165, 1.54) is 0 Å². The molecule has 0 aliphatic rings. The molecule has 0 aliphatic heterocycles. The van der Waals surface area contributed by atoms with Crippen molar-refractivity contribution in [1.82, 2.24) is 4.90 Å². The molecule has 0 aromatic heterocycles. The van der Waals surface area contributed by atoms with Crippen molar-refractivity contribution in [2.75, 3.05) is 46.6 Å². The van der Waals surface area contributed by atoms with Crippen LogP contribution in [0, 0.1) is 0 Å². The van der Waals surface area contributed by atoms with Gasteiger partial charge in [-0.15, -0.1) is 0 Å². The number of nitrogens with zero attached hydrogens (tertiary/aromatic N) is 1. The van der Waals surface area contributed by atoms with E-state index in [2.05, 4.69) is 0 Å². The topological polar surface area (TPSA) is 51.2 Å². The van der Waals surface area contributed by atoms with Crippen LogP contribution in [0.4, 0.5) is 0 Å². The quantitative estimate of drug-likeness (QED) is 0.597. The van der Waals surface area contributed by atoms with Crippen LogP contribution in [0.2, 0.25) is 0 Å². The molecule has 5 nitrogen and oxygen atoms in total. The van der Waals surface area contributed by atoms with Crippen LogP contribution in [-0.4, -0.2) is 68.8 Å². The minimum atomic E-state index is -0.499. The molecule has 0 amide bonds.